The minimum Gasteiger partial charge on any atom is -0.353 e. The summed E-state index contributed by atoms with van der Waals surface area (Å²) in [6.07, 6.45) is 11.2. The van der Waals surface area contributed by atoms with E-state index in [4.69, 9.17) is 0 Å². The van der Waals surface area contributed by atoms with Crippen LogP contribution in [-0.4, -0.2) is 59.5 Å². The molecule has 1 aliphatic heterocycles. The monoisotopic (exact) mass is 357 g/mol. The number of carbonyl (C=O) groups is 1. The normalized spacial score (nSPS) is 32.3. The molecular formula is C20H31N5O. The second kappa shape index (κ2) is 7.91. The number of carbonyl (C=O) groups excluding carboxylic acids is 1. The van der Waals surface area contributed by atoms with Gasteiger partial charge in [-0.2, -0.15) is 0 Å². The van der Waals surface area contributed by atoms with Gasteiger partial charge in [0.05, 0.1) is 6.20 Å². The summed E-state index contributed by atoms with van der Waals surface area (Å²) in [5.41, 5.74) is 0. The number of hydrogen-bond acceptors (Lipinski definition) is 5. The molecule has 1 aromatic heterocycles. The molecule has 1 aromatic rings. The second-order valence-corrected chi connectivity index (χ2v) is 8.42. The van der Waals surface area contributed by atoms with Gasteiger partial charge in [0, 0.05) is 57.1 Å². The molecule has 6 nitrogen and oxygen atoms in total. The SMILES string of the molecule is CC1CCC(NC(=O)[C@H]2CC2CN2CCN(c3cnccn3)CC2)CC1. The molecule has 1 N–H and O–H groups in total. The fraction of sp³-hybridized carbons (Fsp3) is 0.750. The Bertz CT molecular complexity index is 593. The van der Waals surface area contributed by atoms with E-state index in [1.165, 1.54) is 12.8 Å². The number of aromatic nitrogens is 2. The topological polar surface area (TPSA) is 61.4 Å². The predicted octanol–water partition coefficient (Wildman–Crippen LogP) is 1.93. The highest BCUT2D eigenvalue weighted by Gasteiger charge is 2.44. The molecule has 26 heavy (non-hydrogen) atoms. The fourth-order valence-corrected chi connectivity index (χ4v) is 4.43. The molecule has 0 bridgehead atoms. The van der Waals surface area contributed by atoms with Crippen LogP contribution in [0.5, 0.6) is 0 Å². The zero-order chi connectivity index (χ0) is 17.9. The van der Waals surface area contributed by atoms with E-state index in [2.05, 4.69) is 32.0 Å². The van der Waals surface area contributed by atoms with Crippen molar-refractivity contribution in [3.63, 3.8) is 0 Å². The van der Waals surface area contributed by atoms with E-state index in [9.17, 15) is 4.79 Å². The lowest BCUT2D eigenvalue weighted by molar-refractivity contribution is -0.123. The van der Waals surface area contributed by atoms with Crippen molar-refractivity contribution in [2.24, 2.45) is 17.8 Å². The quantitative estimate of drug-likeness (QED) is 0.872. The zero-order valence-corrected chi connectivity index (χ0v) is 15.8. The third-order valence-corrected chi connectivity index (χ3v) is 6.36. The Balaban J connectivity index is 1.17. The van der Waals surface area contributed by atoms with Crippen molar-refractivity contribution in [2.75, 3.05) is 37.6 Å². The highest BCUT2D eigenvalue weighted by Crippen LogP contribution is 2.40. The lowest BCUT2D eigenvalue weighted by Crippen LogP contribution is -2.47. The van der Waals surface area contributed by atoms with Crippen molar-refractivity contribution in [2.45, 2.75) is 45.1 Å². The number of rotatable bonds is 5. The van der Waals surface area contributed by atoms with E-state index >= 15 is 0 Å². The number of nitrogens with zero attached hydrogens (tertiary/aromatic N) is 4. The molecule has 2 atom stereocenters. The Morgan fingerprint density at radius 2 is 1.92 bits per heavy atom. The fourth-order valence-electron chi connectivity index (χ4n) is 4.43. The Hall–Kier alpha value is -1.69. The van der Waals surface area contributed by atoms with E-state index in [0.717, 1.165) is 63.7 Å². The van der Waals surface area contributed by atoms with Crippen molar-refractivity contribution >= 4 is 11.7 Å². The Labute approximate surface area is 156 Å². The molecule has 142 valence electrons. The van der Waals surface area contributed by atoms with Gasteiger partial charge in [-0.15, -0.1) is 0 Å². The van der Waals surface area contributed by atoms with E-state index in [1.54, 1.807) is 12.4 Å². The van der Waals surface area contributed by atoms with Crippen LogP contribution in [0.1, 0.15) is 39.0 Å². The van der Waals surface area contributed by atoms with Gasteiger partial charge in [0.25, 0.3) is 0 Å². The first-order valence-electron chi connectivity index (χ1n) is 10.2. The maximum absolute atomic E-state index is 12.5. The number of anilines is 1. The number of nitrogens with one attached hydrogen (secondary N) is 1. The summed E-state index contributed by atoms with van der Waals surface area (Å²) in [7, 11) is 0. The number of piperazine rings is 1. The van der Waals surface area contributed by atoms with Gasteiger partial charge in [-0.1, -0.05) is 6.92 Å². The highest BCUT2D eigenvalue weighted by atomic mass is 16.2. The summed E-state index contributed by atoms with van der Waals surface area (Å²) in [6, 6.07) is 0.426. The molecule has 3 aliphatic rings. The molecule has 1 unspecified atom stereocenters. The lowest BCUT2D eigenvalue weighted by Gasteiger charge is -2.35. The summed E-state index contributed by atoms with van der Waals surface area (Å²) >= 11 is 0. The molecule has 2 aliphatic carbocycles. The molecule has 1 amide bonds. The largest absolute Gasteiger partial charge is 0.353 e. The van der Waals surface area contributed by atoms with E-state index in [1.807, 2.05) is 6.20 Å². The molecule has 6 heteroatoms. The van der Waals surface area contributed by atoms with Gasteiger partial charge in [-0.25, -0.2) is 4.98 Å². The molecule has 0 spiro atoms. The first-order valence-corrected chi connectivity index (χ1v) is 10.2. The van der Waals surface area contributed by atoms with Crippen LogP contribution < -0.4 is 10.2 Å². The van der Waals surface area contributed by atoms with Crippen LogP contribution >= 0.6 is 0 Å². The molecule has 0 aromatic carbocycles. The third-order valence-electron chi connectivity index (χ3n) is 6.36. The summed E-state index contributed by atoms with van der Waals surface area (Å²) in [6.45, 7) is 7.45. The summed E-state index contributed by atoms with van der Waals surface area (Å²) in [4.78, 5) is 25.8. The second-order valence-electron chi connectivity index (χ2n) is 8.42. The van der Waals surface area contributed by atoms with Gasteiger partial charge in [0.1, 0.15) is 5.82 Å². The summed E-state index contributed by atoms with van der Waals surface area (Å²) < 4.78 is 0. The van der Waals surface area contributed by atoms with Gasteiger partial charge in [0.2, 0.25) is 5.91 Å². The predicted molar refractivity (Wildman–Crippen MR) is 102 cm³/mol. The maximum atomic E-state index is 12.5. The number of amides is 1. The van der Waals surface area contributed by atoms with Crippen LogP contribution in [0, 0.1) is 17.8 Å². The van der Waals surface area contributed by atoms with E-state index in [0.29, 0.717) is 17.9 Å². The van der Waals surface area contributed by atoms with Crippen LogP contribution in [0.15, 0.2) is 18.6 Å². The van der Waals surface area contributed by atoms with Gasteiger partial charge < -0.3 is 10.2 Å². The van der Waals surface area contributed by atoms with Gasteiger partial charge in [-0.05, 0) is 43.9 Å². The molecule has 2 saturated carbocycles. The van der Waals surface area contributed by atoms with Gasteiger partial charge >= 0.3 is 0 Å². The molecule has 1 saturated heterocycles. The van der Waals surface area contributed by atoms with Crippen molar-refractivity contribution in [1.82, 2.24) is 20.2 Å². The van der Waals surface area contributed by atoms with Gasteiger partial charge in [-0.3, -0.25) is 14.7 Å². The first-order chi connectivity index (χ1) is 12.7. The van der Waals surface area contributed by atoms with Crippen molar-refractivity contribution in [3.8, 4) is 0 Å². The molecular weight excluding hydrogens is 326 g/mol. The van der Waals surface area contributed by atoms with Crippen LogP contribution in [0.4, 0.5) is 5.82 Å². The standard InChI is InChI=1S/C20H31N5O/c1-15-2-4-17(5-3-15)23-20(26)18-12-16(18)14-24-8-10-25(11-9-24)19-13-21-6-7-22-19/h6-7,13,15-18H,2-5,8-12,14H2,1H3,(H,23,26)/t15?,16?,17?,18-/m0/s1. The average molecular weight is 358 g/mol. The number of hydrogen-bond donors (Lipinski definition) is 1. The van der Waals surface area contributed by atoms with Crippen molar-refractivity contribution in [3.05, 3.63) is 18.6 Å². The smallest absolute Gasteiger partial charge is 0.223 e. The van der Waals surface area contributed by atoms with Crippen LogP contribution in [-0.2, 0) is 4.79 Å². The van der Waals surface area contributed by atoms with Crippen LogP contribution in [0.3, 0.4) is 0 Å². The molecule has 2 heterocycles. The minimum absolute atomic E-state index is 0.257. The highest BCUT2D eigenvalue weighted by molar-refractivity contribution is 5.81. The minimum atomic E-state index is 0.257. The molecule has 0 radical (unpaired) electrons. The maximum Gasteiger partial charge on any atom is 0.223 e. The Morgan fingerprint density at radius 3 is 2.62 bits per heavy atom. The van der Waals surface area contributed by atoms with Crippen molar-refractivity contribution < 1.29 is 4.79 Å². The Kier molecular flexibility index (Phi) is 5.38. The van der Waals surface area contributed by atoms with E-state index in [-0.39, 0.29) is 5.92 Å². The Morgan fingerprint density at radius 1 is 1.15 bits per heavy atom. The van der Waals surface area contributed by atoms with E-state index < -0.39 is 0 Å². The molecule has 4 rings (SSSR count). The lowest BCUT2D eigenvalue weighted by atomic mass is 9.87. The molecule has 3 fully saturated rings. The van der Waals surface area contributed by atoms with Gasteiger partial charge in [0.15, 0.2) is 0 Å². The summed E-state index contributed by atoms with van der Waals surface area (Å²) in [5.74, 6) is 2.93. The third kappa shape index (κ3) is 4.34. The van der Waals surface area contributed by atoms with Crippen LogP contribution in [0.2, 0.25) is 0 Å². The summed E-state index contributed by atoms with van der Waals surface area (Å²) in [5, 5.41) is 3.32. The van der Waals surface area contributed by atoms with Crippen molar-refractivity contribution in [1.29, 1.82) is 0 Å². The zero-order valence-electron chi connectivity index (χ0n) is 15.8. The van der Waals surface area contributed by atoms with Crippen LogP contribution in [0.25, 0.3) is 0 Å². The average Bonchev–Trinajstić information content (AvgIpc) is 3.44. The first kappa shape index (κ1) is 17.7.